The standard InChI is InChI=1S/C18H14ClN3O2/c19-14-7-3-13(4-8-14)18-21-16(22-24-18)11-5-9-15(10-6-11)20-17(23)12-1-2-12/h3-10,12H,1-2H2,(H,20,23). The molecule has 3 aromatic rings. The van der Waals surface area contributed by atoms with Crippen LogP contribution in [-0.2, 0) is 4.79 Å². The Morgan fingerprint density at radius 3 is 2.38 bits per heavy atom. The minimum Gasteiger partial charge on any atom is -0.334 e. The second-order valence-corrected chi connectivity index (χ2v) is 6.21. The predicted molar refractivity (Wildman–Crippen MR) is 91.5 cm³/mol. The summed E-state index contributed by atoms with van der Waals surface area (Å²) in [6, 6.07) is 14.6. The number of hydrogen-bond acceptors (Lipinski definition) is 4. The Balaban J connectivity index is 1.51. The summed E-state index contributed by atoms with van der Waals surface area (Å²) in [7, 11) is 0. The quantitative estimate of drug-likeness (QED) is 0.764. The number of nitrogens with one attached hydrogen (secondary N) is 1. The first-order valence-electron chi connectivity index (χ1n) is 7.70. The summed E-state index contributed by atoms with van der Waals surface area (Å²) in [6.07, 6.45) is 1.97. The van der Waals surface area contributed by atoms with Crippen molar-refractivity contribution in [1.29, 1.82) is 0 Å². The SMILES string of the molecule is O=C(Nc1ccc(-c2noc(-c3ccc(Cl)cc3)n2)cc1)C1CC1. The average Bonchev–Trinajstić information content (AvgIpc) is 3.34. The fraction of sp³-hybridized carbons (Fsp3) is 0.167. The lowest BCUT2D eigenvalue weighted by Gasteiger charge is -2.04. The Morgan fingerprint density at radius 1 is 1.04 bits per heavy atom. The molecule has 6 heteroatoms. The molecule has 0 unspecified atom stereocenters. The lowest BCUT2D eigenvalue weighted by Crippen LogP contribution is -2.12. The molecule has 1 aromatic heterocycles. The van der Waals surface area contributed by atoms with E-state index in [1.807, 2.05) is 36.4 Å². The maximum Gasteiger partial charge on any atom is 0.258 e. The molecule has 0 aliphatic heterocycles. The van der Waals surface area contributed by atoms with Gasteiger partial charge in [-0.15, -0.1) is 0 Å². The molecular formula is C18H14ClN3O2. The van der Waals surface area contributed by atoms with Gasteiger partial charge >= 0.3 is 0 Å². The lowest BCUT2D eigenvalue weighted by molar-refractivity contribution is -0.117. The zero-order chi connectivity index (χ0) is 16.5. The van der Waals surface area contributed by atoms with Crippen molar-refractivity contribution in [3.8, 4) is 22.8 Å². The first-order chi connectivity index (χ1) is 11.7. The molecular weight excluding hydrogens is 326 g/mol. The van der Waals surface area contributed by atoms with Crippen molar-refractivity contribution in [2.45, 2.75) is 12.8 Å². The maximum absolute atomic E-state index is 11.8. The first kappa shape index (κ1) is 14.9. The Hall–Kier alpha value is -2.66. The van der Waals surface area contributed by atoms with E-state index in [2.05, 4.69) is 15.5 Å². The van der Waals surface area contributed by atoms with Crippen LogP contribution in [0, 0.1) is 5.92 Å². The van der Waals surface area contributed by atoms with Gasteiger partial charge in [-0.1, -0.05) is 16.8 Å². The number of rotatable bonds is 4. The molecule has 1 aliphatic carbocycles. The molecule has 1 N–H and O–H groups in total. The first-order valence-corrected chi connectivity index (χ1v) is 8.08. The van der Waals surface area contributed by atoms with Gasteiger partial charge in [-0.2, -0.15) is 4.98 Å². The monoisotopic (exact) mass is 339 g/mol. The number of anilines is 1. The van der Waals surface area contributed by atoms with Gasteiger partial charge in [0.2, 0.25) is 11.7 Å². The van der Waals surface area contributed by atoms with Crippen LogP contribution in [-0.4, -0.2) is 16.0 Å². The zero-order valence-electron chi connectivity index (χ0n) is 12.7. The van der Waals surface area contributed by atoms with Gasteiger partial charge in [0.25, 0.3) is 5.89 Å². The van der Waals surface area contributed by atoms with E-state index in [9.17, 15) is 4.79 Å². The van der Waals surface area contributed by atoms with Crippen LogP contribution in [0.1, 0.15) is 12.8 Å². The van der Waals surface area contributed by atoms with E-state index in [4.69, 9.17) is 16.1 Å². The number of aromatic nitrogens is 2. The van der Waals surface area contributed by atoms with Gasteiger partial charge in [-0.05, 0) is 61.4 Å². The highest BCUT2D eigenvalue weighted by Gasteiger charge is 2.29. The maximum atomic E-state index is 11.8. The van der Waals surface area contributed by atoms with Crippen molar-refractivity contribution in [1.82, 2.24) is 10.1 Å². The van der Waals surface area contributed by atoms with Crippen LogP contribution in [0.3, 0.4) is 0 Å². The fourth-order valence-electron chi connectivity index (χ4n) is 2.34. The average molecular weight is 340 g/mol. The molecule has 1 amide bonds. The number of halogens is 1. The van der Waals surface area contributed by atoms with Gasteiger partial charge in [0.05, 0.1) is 0 Å². The van der Waals surface area contributed by atoms with Gasteiger partial charge in [-0.3, -0.25) is 4.79 Å². The molecule has 120 valence electrons. The van der Waals surface area contributed by atoms with E-state index in [0.29, 0.717) is 16.7 Å². The van der Waals surface area contributed by atoms with Crippen LogP contribution in [0.5, 0.6) is 0 Å². The Morgan fingerprint density at radius 2 is 1.71 bits per heavy atom. The summed E-state index contributed by atoms with van der Waals surface area (Å²) in [5, 5.41) is 7.57. The van der Waals surface area contributed by atoms with E-state index in [1.54, 1.807) is 12.1 Å². The van der Waals surface area contributed by atoms with Crippen molar-refractivity contribution < 1.29 is 9.32 Å². The number of nitrogens with zero attached hydrogens (tertiary/aromatic N) is 2. The molecule has 2 aromatic carbocycles. The van der Waals surface area contributed by atoms with Crippen LogP contribution in [0.4, 0.5) is 5.69 Å². The molecule has 5 nitrogen and oxygen atoms in total. The molecule has 0 atom stereocenters. The summed E-state index contributed by atoms with van der Waals surface area (Å²) in [5.41, 5.74) is 2.41. The molecule has 4 rings (SSSR count). The van der Waals surface area contributed by atoms with Gasteiger partial charge in [0, 0.05) is 27.8 Å². The lowest BCUT2D eigenvalue weighted by atomic mass is 10.2. The van der Waals surface area contributed by atoms with Crippen molar-refractivity contribution in [3.05, 3.63) is 53.6 Å². The van der Waals surface area contributed by atoms with Crippen molar-refractivity contribution in [2.24, 2.45) is 5.92 Å². The molecule has 1 aliphatic rings. The molecule has 0 radical (unpaired) electrons. The zero-order valence-corrected chi connectivity index (χ0v) is 13.5. The molecule has 0 saturated heterocycles. The van der Waals surface area contributed by atoms with Gasteiger partial charge in [0.15, 0.2) is 0 Å². The van der Waals surface area contributed by atoms with Crippen LogP contribution >= 0.6 is 11.6 Å². The third kappa shape index (κ3) is 3.16. The van der Waals surface area contributed by atoms with E-state index in [0.717, 1.165) is 29.7 Å². The van der Waals surface area contributed by atoms with Crippen molar-refractivity contribution in [2.75, 3.05) is 5.32 Å². The minimum atomic E-state index is 0.0901. The highest BCUT2D eigenvalue weighted by Crippen LogP contribution is 2.30. The second kappa shape index (κ2) is 6.09. The minimum absolute atomic E-state index is 0.0901. The Kier molecular flexibility index (Phi) is 3.78. The molecule has 1 heterocycles. The molecule has 0 spiro atoms. The molecule has 1 fully saturated rings. The third-order valence-electron chi connectivity index (χ3n) is 3.88. The van der Waals surface area contributed by atoms with Crippen LogP contribution in [0.15, 0.2) is 53.1 Å². The van der Waals surface area contributed by atoms with E-state index >= 15 is 0 Å². The van der Waals surface area contributed by atoms with Crippen molar-refractivity contribution in [3.63, 3.8) is 0 Å². The largest absolute Gasteiger partial charge is 0.334 e. The third-order valence-corrected chi connectivity index (χ3v) is 4.13. The summed E-state index contributed by atoms with van der Waals surface area (Å²) in [4.78, 5) is 16.2. The fourth-order valence-corrected chi connectivity index (χ4v) is 2.47. The predicted octanol–water partition coefficient (Wildman–Crippen LogP) is 4.41. The topological polar surface area (TPSA) is 68.0 Å². The van der Waals surface area contributed by atoms with Gasteiger partial charge < -0.3 is 9.84 Å². The highest BCUT2D eigenvalue weighted by molar-refractivity contribution is 6.30. The van der Waals surface area contributed by atoms with Crippen LogP contribution in [0.25, 0.3) is 22.8 Å². The van der Waals surface area contributed by atoms with Gasteiger partial charge in [0.1, 0.15) is 0 Å². The number of carbonyl (C=O) groups excluding carboxylic acids is 1. The van der Waals surface area contributed by atoms with Crippen LogP contribution < -0.4 is 5.32 Å². The van der Waals surface area contributed by atoms with E-state index in [-0.39, 0.29) is 11.8 Å². The molecule has 0 bridgehead atoms. The number of hydrogen-bond donors (Lipinski definition) is 1. The molecule has 1 saturated carbocycles. The highest BCUT2D eigenvalue weighted by atomic mass is 35.5. The normalized spacial score (nSPS) is 13.7. The van der Waals surface area contributed by atoms with Crippen LogP contribution in [0.2, 0.25) is 5.02 Å². The summed E-state index contributed by atoms with van der Waals surface area (Å²) >= 11 is 5.88. The van der Waals surface area contributed by atoms with E-state index in [1.165, 1.54) is 0 Å². The van der Waals surface area contributed by atoms with E-state index < -0.39 is 0 Å². The number of benzene rings is 2. The smallest absolute Gasteiger partial charge is 0.258 e. The number of amides is 1. The Labute approximate surface area is 143 Å². The molecule has 24 heavy (non-hydrogen) atoms. The Bertz CT molecular complexity index is 868. The summed E-state index contributed by atoms with van der Waals surface area (Å²) in [5.74, 6) is 1.21. The van der Waals surface area contributed by atoms with Crippen molar-refractivity contribution >= 4 is 23.2 Å². The number of carbonyl (C=O) groups is 1. The summed E-state index contributed by atoms with van der Waals surface area (Å²) < 4.78 is 5.31. The summed E-state index contributed by atoms with van der Waals surface area (Å²) in [6.45, 7) is 0. The second-order valence-electron chi connectivity index (χ2n) is 5.77. The van der Waals surface area contributed by atoms with Gasteiger partial charge in [-0.25, -0.2) is 0 Å².